The van der Waals surface area contributed by atoms with Crippen LogP contribution < -0.4 is 5.32 Å². The van der Waals surface area contributed by atoms with Crippen LogP contribution in [0.5, 0.6) is 0 Å². The van der Waals surface area contributed by atoms with E-state index in [-0.39, 0.29) is 5.82 Å². The van der Waals surface area contributed by atoms with Gasteiger partial charge in [0, 0.05) is 19.1 Å². The summed E-state index contributed by atoms with van der Waals surface area (Å²) in [6, 6.07) is 17.4. The fourth-order valence-corrected chi connectivity index (χ4v) is 2.23. The summed E-state index contributed by atoms with van der Waals surface area (Å²) >= 11 is 0. The molecule has 0 aliphatic heterocycles. The number of benzene rings is 2. The monoisotopic (exact) mass is 272 g/mol. The first-order valence-corrected chi connectivity index (χ1v) is 6.83. The summed E-state index contributed by atoms with van der Waals surface area (Å²) in [5, 5.41) is 3.44. The van der Waals surface area contributed by atoms with Gasteiger partial charge in [-0.15, -0.1) is 0 Å². The minimum Gasteiger partial charge on any atom is -0.311 e. The van der Waals surface area contributed by atoms with Gasteiger partial charge < -0.3 is 10.2 Å². The van der Waals surface area contributed by atoms with Crippen molar-refractivity contribution in [2.75, 3.05) is 20.6 Å². The molecule has 1 atom stereocenters. The number of rotatable bonds is 6. The lowest BCUT2D eigenvalue weighted by Gasteiger charge is -2.25. The highest BCUT2D eigenvalue weighted by Gasteiger charge is 2.12. The van der Waals surface area contributed by atoms with Crippen molar-refractivity contribution in [3.63, 3.8) is 0 Å². The first-order valence-electron chi connectivity index (χ1n) is 6.83. The third kappa shape index (κ3) is 4.15. The molecular weight excluding hydrogens is 251 g/mol. The third-order valence-corrected chi connectivity index (χ3v) is 3.39. The largest absolute Gasteiger partial charge is 0.311 e. The summed E-state index contributed by atoms with van der Waals surface area (Å²) in [6.07, 6.45) is 0. The van der Waals surface area contributed by atoms with Gasteiger partial charge in [-0.25, -0.2) is 4.39 Å². The smallest absolute Gasteiger partial charge is 0.123 e. The Balaban J connectivity index is 1.91. The number of nitrogens with zero attached hydrogens (tertiary/aromatic N) is 1. The second-order valence-electron chi connectivity index (χ2n) is 5.15. The fourth-order valence-electron chi connectivity index (χ4n) is 2.23. The number of hydrogen-bond donors (Lipinski definition) is 1. The Hall–Kier alpha value is -1.71. The Morgan fingerprint density at radius 1 is 1.00 bits per heavy atom. The van der Waals surface area contributed by atoms with Gasteiger partial charge in [-0.1, -0.05) is 42.5 Å². The molecule has 1 unspecified atom stereocenters. The molecule has 20 heavy (non-hydrogen) atoms. The Labute approximate surface area is 120 Å². The SMILES string of the molecule is CN(C)C(CNCc1ccc(F)cc1)c1ccccc1. The van der Waals surface area contributed by atoms with Crippen LogP contribution >= 0.6 is 0 Å². The summed E-state index contributed by atoms with van der Waals surface area (Å²) in [4.78, 5) is 2.20. The predicted molar refractivity (Wildman–Crippen MR) is 81.0 cm³/mol. The molecule has 2 nitrogen and oxygen atoms in total. The second-order valence-corrected chi connectivity index (χ2v) is 5.15. The third-order valence-electron chi connectivity index (χ3n) is 3.39. The van der Waals surface area contributed by atoms with Gasteiger partial charge in [0.25, 0.3) is 0 Å². The zero-order chi connectivity index (χ0) is 14.4. The molecule has 3 heteroatoms. The standard InChI is InChI=1S/C17H21FN2/c1-20(2)17(15-6-4-3-5-7-15)13-19-12-14-8-10-16(18)11-9-14/h3-11,17,19H,12-13H2,1-2H3. The molecule has 2 aromatic carbocycles. The maximum Gasteiger partial charge on any atom is 0.123 e. The van der Waals surface area contributed by atoms with E-state index in [0.717, 1.165) is 18.7 Å². The maximum absolute atomic E-state index is 12.8. The number of hydrogen-bond acceptors (Lipinski definition) is 2. The van der Waals surface area contributed by atoms with Crippen LogP contribution in [-0.2, 0) is 6.54 Å². The van der Waals surface area contributed by atoms with E-state index in [2.05, 4.69) is 48.6 Å². The summed E-state index contributed by atoms with van der Waals surface area (Å²) < 4.78 is 12.8. The molecule has 0 fully saturated rings. The van der Waals surface area contributed by atoms with E-state index in [0.29, 0.717) is 6.04 Å². The molecule has 2 aromatic rings. The second kappa shape index (κ2) is 7.17. The summed E-state index contributed by atoms with van der Waals surface area (Å²) in [6.45, 7) is 1.60. The fraction of sp³-hybridized carbons (Fsp3) is 0.294. The van der Waals surface area contributed by atoms with Crippen LogP contribution in [0.1, 0.15) is 17.2 Å². The van der Waals surface area contributed by atoms with E-state index >= 15 is 0 Å². The van der Waals surface area contributed by atoms with E-state index in [1.165, 1.54) is 17.7 Å². The van der Waals surface area contributed by atoms with Gasteiger partial charge in [0.1, 0.15) is 5.82 Å². The van der Waals surface area contributed by atoms with Gasteiger partial charge in [0.15, 0.2) is 0 Å². The zero-order valence-corrected chi connectivity index (χ0v) is 12.0. The molecule has 0 aliphatic rings. The zero-order valence-electron chi connectivity index (χ0n) is 12.0. The normalized spacial score (nSPS) is 12.6. The van der Waals surface area contributed by atoms with Crippen LogP contribution in [0.4, 0.5) is 4.39 Å². The van der Waals surface area contributed by atoms with Crippen molar-refractivity contribution in [1.82, 2.24) is 10.2 Å². The lowest BCUT2D eigenvalue weighted by Crippen LogP contribution is -2.30. The van der Waals surface area contributed by atoms with E-state index < -0.39 is 0 Å². The van der Waals surface area contributed by atoms with E-state index in [4.69, 9.17) is 0 Å². The molecule has 0 radical (unpaired) electrons. The Kier molecular flexibility index (Phi) is 5.27. The lowest BCUT2D eigenvalue weighted by molar-refractivity contribution is 0.288. The van der Waals surface area contributed by atoms with Crippen molar-refractivity contribution in [2.24, 2.45) is 0 Å². The molecule has 0 saturated heterocycles. The Morgan fingerprint density at radius 3 is 2.25 bits per heavy atom. The van der Waals surface area contributed by atoms with Crippen LogP contribution in [0.25, 0.3) is 0 Å². The van der Waals surface area contributed by atoms with Gasteiger partial charge in [0.05, 0.1) is 0 Å². The molecule has 0 saturated carbocycles. The molecular formula is C17H21FN2. The van der Waals surface area contributed by atoms with Gasteiger partial charge >= 0.3 is 0 Å². The van der Waals surface area contributed by atoms with Crippen molar-refractivity contribution < 1.29 is 4.39 Å². The van der Waals surface area contributed by atoms with Crippen molar-refractivity contribution in [3.05, 3.63) is 71.5 Å². The molecule has 0 aliphatic carbocycles. The van der Waals surface area contributed by atoms with Gasteiger partial charge in [-0.3, -0.25) is 0 Å². The number of likely N-dealkylation sites (N-methyl/N-ethyl adjacent to an activating group) is 1. The molecule has 0 spiro atoms. The van der Waals surface area contributed by atoms with Crippen molar-refractivity contribution in [2.45, 2.75) is 12.6 Å². The minimum atomic E-state index is -0.191. The molecule has 0 amide bonds. The van der Waals surface area contributed by atoms with Gasteiger partial charge in [0.2, 0.25) is 0 Å². The quantitative estimate of drug-likeness (QED) is 0.868. The van der Waals surface area contributed by atoms with Crippen LogP contribution in [0, 0.1) is 5.82 Å². The summed E-state index contributed by atoms with van der Waals surface area (Å²) in [7, 11) is 4.16. The first kappa shape index (κ1) is 14.7. The van der Waals surface area contributed by atoms with Crippen molar-refractivity contribution >= 4 is 0 Å². The van der Waals surface area contributed by atoms with Gasteiger partial charge in [-0.05, 0) is 37.4 Å². The molecule has 106 valence electrons. The molecule has 0 aromatic heterocycles. The number of halogens is 1. The lowest BCUT2D eigenvalue weighted by atomic mass is 10.1. The van der Waals surface area contributed by atoms with E-state index in [1.54, 1.807) is 0 Å². The predicted octanol–water partition coefficient (Wildman–Crippen LogP) is 3.22. The van der Waals surface area contributed by atoms with Gasteiger partial charge in [-0.2, -0.15) is 0 Å². The average Bonchev–Trinajstić information content (AvgIpc) is 2.46. The number of nitrogens with one attached hydrogen (secondary N) is 1. The molecule has 1 N–H and O–H groups in total. The highest BCUT2D eigenvalue weighted by atomic mass is 19.1. The Morgan fingerprint density at radius 2 is 1.65 bits per heavy atom. The molecule has 0 heterocycles. The van der Waals surface area contributed by atoms with Crippen LogP contribution in [0.15, 0.2) is 54.6 Å². The molecule has 2 rings (SSSR count). The highest BCUT2D eigenvalue weighted by molar-refractivity contribution is 5.20. The van der Waals surface area contributed by atoms with Crippen LogP contribution in [0.2, 0.25) is 0 Å². The van der Waals surface area contributed by atoms with Crippen molar-refractivity contribution in [3.8, 4) is 0 Å². The minimum absolute atomic E-state index is 0.191. The van der Waals surface area contributed by atoms with E-state index in [1.807, 2.05) is 18.2 Å². The topological polar surface area (TPSA) is 15.3 Å². The van der Waals surface area contributed by atoms with Crippen LogP contribution in [0.3, 0.4) is 0 Å². The van der Waals surface area contributed by atoms with Crippen LogP contribution in [-0.4, -0.2) is 25.5 Å². The first-order chi connectivity index (χ1) is 9.66. The summed E-state index contributed by atoms with van der Waals surface area (Å²) in [5.41, 5.74) is 2.39. The highest BCUT2D eigenvalue weighted by Crippen LogP contribution is 2.16. The van der Waals surface area contributed by atoms with Crippen molar-refractivity contribution in [1.29, 1.82) is 0 Å². The Bertz CT molecular complexity index is 508. The average molecular weight is 272 g/mol. The summed E-state index contributed by atoms with van der Waals surface area (Å²) in [5.74, 6) is -0.191. The maximum atomic E-state index is 12.8. The van der Waals surface area contributed by atoms with E-state index in [9.17, 15) is 4.39 Å². The molecule has 0 bridgehead atoms.